The van der Waals surface area contributed by atoms with Crippen molar-refractivity contribution in [3.05, 3.63) is 47.5 Å². The molecule has 2 aromatic rings. The van der Waals surface area contributed by atoms with Gasteiger partial charge in [0, 0.05) is 12.0 Å². The maximum atomic E-state index is 12.1. The Morgan fingerprint density at radius 3 is 2.54 bits per heavy atom. The summed E-state index contributed by atoms with van der Waals surface area (Å²) in [7, 11) is 3.12. The number of aryl methyl sites for hydroxylation is 1. The van der Waals surface area contributed by atoms with Crippen LogP contribution in [0.5, 0.6) is 17.2 Å². The largest absolute Gasteiger partial charge is 0.508 e. The maximum Gasteiger partial charge on any atom is 0.224 e. The lowest BCUT2D eigenvalue weighted by Gasteiger charge is -2.10. The number of anilines is 1. The Morgan fingerprint density at radius 1 is 1.12 bits per heavy atom. The van der Waals surface area contributed by atoms with Crippen LogP contribution in [0.1, 0.15) is 22.3 Å². The van der Waals surface area contributed by atoms with Gasteiger partial charge in [0.25, 0.3) is 0 Å². The van der Waals surface area contributed by atoms with E-state index in [1.54, 1.807) is 20.3 Å². The number of carbonyl (C=O) groups is 2. The molecule has 0 atom stereocenters. The van der Waals surface area contributed by atoms with Crippen molar-refractivity contribution in [1.82, 2.24) is 0 Å². The summed E-state index contributed by atoms with van der Waals surface area (Å²) in [6.07, 6.45) is 1.35. The topological polar surface area (TPSA) is 84.9 Å². The Morgan fingerprint density at radius 2 is 1.88 bits per heavy atom. The highest BCUT2D eigenvalue weighted by atomic mass is 16.5. The summed E-state index contributed by atoms with van der Waals surface area (Å²) in [4.78, 5) is 23.1. The molecular formula is C18H19NO5. The van der Waals surface area contributed by atoms with Gasteiger partial charge in [-0.2, -0.15) is 0 Å². The summed E-state index contributed by atoms with van der Waals surface area (Å²) in [6.45, 7) is 0. The van der Waals surface area contributed by atoms with Crippen molar-refractivity contribution < 1.29 is 24.2 Å². The predicted molar refractivity (Wildman–Crippen MR) is 90.0 cm³/mol. The van der Waals surface area contributed by atoms with Gasteiger partial charge in [0.1, 0.15) is 5.75 Å². The van der Waals surface area contributed by atoms with E-state index < -0.39 is 0 Å². The zero-order chi connectivity index (χ0) is 17.5. The van der Waals surface area contributed by atoms with Gasteiger partial charge in [0.2, 0.25) is 5.91 Å². The van der Waals surface area contributed by atoms with Crippen LogP contribution in [0.3, 0.4) is 0 Å². The van der Waals surface area contributed by atoms with E-state index in [2.05, 4.69) is 5.32 Å². The third-order valence-electron chi connectivity index (χ3n) is 3.52. The Bertz CT molecular complexity index is 742. The molecule has 1 amide bonds. The Kier molecular flexibility index (Phi) is 5.78. The fourth-order valence-corrected chi connectivity index (χ4v) is 2.27. The zero-order valence-corrected chi connectivity index (χ0v) is 13.5. The van der Waals surface area contributed by atoms with Crippen LogP contribution in [0.25, 0.3) is 0 Å². The van der Waals surface area contributed by atoms with Gasteiger partial charge in [-0.3, -0.25) is 9.59 Å². The highest BCUT2D eigenvalue weighted by Crippen LogP contribution is 2.28. The molecule has 0 unspecified atom stereocenters. The summed E-state index contributed by atoms with van der Waals surface area (Å²) in [5.41, 5.74) is 1.54. The zero-order valence-electron chi connectivity index (χ0n) is 13.5. The molecule has 0 aliphatic rings. The SMILES string of the molecule is COc1ccc(CCC(=O)Nc2ccc(O)cc2C=O)cc1OC. The highest BCUT2D eigenvalue weighted by Gasteiger charge is 2.09. The third-order valence-corrected chi connectivity index (χ3v) is 3.52. The number of benzene rings is 2. The second kappa shape index (κ2) is 8.01. The Labute approximate surface area is 140 Å². The maximum absolute atomic E-state index is 12.1. The van der Waals surface area contributed by atoms with Crippen LogP contribution < -0.4 is 14.8 Å². The molecule has 24 heavy (non-hydrogen) atoms. The summed E-state index contributed by atoms with van der Waals surface area (Å²) in [5, 5.41) is 12.0. The van der Waals surface area contributed by atoms with Crippen LogP contribution in [-0.2, 0) is 11.2 Å². The van der Waals surface area contributed by atoms with Crippen molar-refractivity contribution >= 4 is 17.9 Å². The van der Waals surface area contributed by atoms with Gasteiger partial charge in [-0.15, -0.1) is 0 Å². The van der Waals surface area contributed by atoms with E-state index in [4.69, 9.17) is 9.47 Å². The summed E-state index contributed by atoms with van der Waals surface area (Å²) in [5.74, 6) is 0.988. The van der Waals surface area contributed by atoms with Crippen molar-refractivity contribution in [3.63, 3.8) is 0 Å². The van der Waals surface area contributed by atoms with E-state index in [0.29, 0.717) is 29.9 Å². The van der Waals surface area contributed by atoms with Gasteiger partial charge < -0.3 is 19.9 Å². The van der Waals surface area contributed by atoms with E-state index in [1.165, 1.54) is 18.2 Å². The number of aldehydes is 1. The molecule has 0 spiro atoms. The molecule has 6 heteroatoms. The molecular weight excluding hydrogens is 310 g/mol. The number of amides is 1. The van der Waals surface area contributed by atoms with E-state index >= 15 is 0 Å². The Balaban J connectivity index is 2.00. The minimum Gasteiger partial charge on any atom is -0.508 e. The van der Waals surface area contributed by atoms with Crippen LogP contribution in [0.15, 0.2) is 36.4 Å². The van der Waals surface area contributed by atoms with Gasteiger partial charge in [0.15, 0.2) is 17.8 Å². The van der Waals surface area contributed by atoms with Crippen LogP contribution in [0.2, 0.25) is 0 Å². The number of ether oxygens (including phenoxy) is 2. The smallest absolute Gasteiger partial charge is 0.224 e. The third kappa shape index (κ3) is 4.25. The van der Waals surface area contributed by atoms with E-state index in [0.717, 1.165) is 5.56 Å². The number of aromatic hydroxyl groups is 1. The molecule has 6 nitrogen and oxygen atoms in total. The van der Waals surface area contributed by atoms with Crippen LogP contribution in [-0.4, -0.2) is 31.5 Å². The number of hydrogen-bond acceptors (Lipinski definition) is 5. The number of carbonyl (C=O) groups excluding carboxylic acids is 2. The predicted octanol–water partition coefficient (Wildman–Crippen LogP) is 2.79. The molecule has 0 aromatic heterocycles. The fraction of sp³-hybridized carbons (Fsp3) is 0.222. The lowest BCUT2D eigenvalue weighted by molar-refractivity contribution is -0.116. The summed E-state index contributed by atoms with van der Waals surface area (Å²) >= 11 is 0. The van der Waals surface area contributed by atoms with Crippen molar-refractivity contribution in [2.24, 2.45) is 0 Å². The number of hydrogen-bond donors (Lipinski definition) is 2. The fourth-order valence-electron chi connectivity index (χ4n) is 2.27. The molecule has 0 saturated carbocycles. The molecule has 0 fully saturated rings. The van der Waals surface area contributed by atoms with E-state index in [-0.39, 0.29) is 23.6 Å². The standard InChI is InChI=1S/C18H19NO5/c1-23-16-7-3-12(9-17(16)24-2)4-8-18(22)19-15-6-5-14(21)10-13(15)11-20/h3,5-7,9-11,21H,4,8H2,1-2H3,(H,19,22). The highest BCUT2D eigenvalue weighted by molar-refractivity contribution is 5.96. The van der Waals surface area contributed by atoms with Gasteiger partial charge in [-0.05, 0) is 42.3 Å². The molecule has 0 radical (unpaired) electrons. The number of phenolic OH excluding ortho intramolecular Hbond substituents is 1. The molecule has 2 rings (SSSR count). The monoisotopic (exact) mass is 329 g/mol. The van der Waals surface area contributed by atoms with Crippen molar-refractivity contribution in [1.29, 1.82) is 0 Å². The molecule has 126 valence electrons. The van der Waals surface area contributed by atoms with Gasteiger partial charge in [-0.25, -0.2) is 0 Å². The molecule has 0 aliphatic carbocycles. The first-order valence-corrected chi connectivity index (χ1v) is 7.36. The first-order chi connectivity index (χ1) is 11.6. The number of nitrogens with one attached hydrogen (secondary N) is 1. The van der Waals surface area contributed by atoms with Crippen molar-refractivity contribution in [3.8, 4) is 17.2 Å². The lowest BCUT2D eigenvalue weighted by atomic mass is 10.1. The second-order valence-corrected chi connectivity index (χ2v) is 5.13. The van der Waals surface area contributed by atoms with E-state index in [9.17, 15) is 14.7 Å². The summed E-state index contributed by atoms with van der Waals surface area (Å²) in [6, 6.07) is 9.69. The van der Waals surface area contributed by atoms with E-state index in [1.807, 2.05) is 12.1 Å². The van der Waals surface area contributed by atoms with Crippen LogP contribution >= 0.6 is 0 Å². The average Bonchev–Trinajstić information content (AvgIpc) is 2.61. The minimum atomic E-state index is -0.224. The van der Waals surface area contributed by atoms with Gasteiger partial charge in [-0.1, -0.05) is 6.07 Å². The van der Waals surface area contributed by atoms with Gasteiger partial charge >= 0.3 is 0 Å². The number of methoxy groups -OCH3 is 2. The lowest BCUT2D eigenvalue weighted by Crippen LogP contribution is -2.13. The molecule has 0 bridgehead atoms. The molecule has 2 N–H and O–H groups in total. The molecule has 0 heterocycles. The van der Waals surface area contributed by atoms with Crippen molar-refractivity contribution in [2.45, 2.75) is 12.8 Å². The number of rotatable bonds is 7. The molecule has 2 aromatic carbocycles. The average molecular weight is 329 g/mol. The molecule has 0 aliphatic heterocycles. The van der Waals surface area contributed by atoms with Crippen molar-refractivity contribution in [2.75, 3.05) is 19.5 Å². The first-order valence-electron chi connectivity index (χ1n) is 7.36. The van der Waals surface area contributed by atoms with Crippen LogP contribution in [0.4, 0.5) is 5.69 Å². The Hall–Kier alpha value is -3.02. The summed E-state index contributed by atoms with van der Waals surface area (Å²) < 4.78 is 10.4. The first kappa shape index (κ1) is 17.3. The molecule has 0 saturated heterocycles. The van der Waals surface area contributed by atoms with Crippen LogP contribution in [0, 0.1) is 0 Å². The minimum absolute atomic E-state index is 0.0274. The normalized spacial score (nSPS) is 10.1. The quantitative estimate of drug-likeness (QED) is 0.603. The van der Waals surface area contributed by atoms with Gasteiger partial charge in [0.05, 0.1) is 19.9 Å². The second-order valence-electron chi connectivity index (χ2n) is 5.13. The number of phenols is 1.